The Hall–Kier alpha value is -3.32. The first-order valence-electron chi connectivity index (χ1n) is 10.4. The van der Waals surface area contributed by atoms with Crippen molar-refractivity contribution in [3.05, 3.63) is 89.5 Å². The molecule has 3 aromatic carbocycles. The molecule has 0 fully saturated rings. The first kappa shape index (κ1) is 23.3. The second-order valence-electron chi connectivity index (χ2n) is 7.49. The molecule has 6 nitrogen and oxygen atoms in total. The largest absolute Gasteiger partial charge is 0.494 e. The van der Waals surface area contributed by atoms with E-state index < -0.39 is 15.9 Å². The highest BCUT2D eigenvalue weighted by molar-refractivity contribution is 7.92. The van der Waals surface area contributed by atoms with Gasteiger partial charge in [0.25, 0.3) is 10.0 Å². The van der Waals surface area contributed by atoms with E-state index in [-0.39, 0.29) is 18.0 Å². The van der Waals surface area contributed by atoms with Crippen LogP contribution in [0.15, 0.2) is 77.7 Å². The average Bonchev–Trinajstić information content (AvgIpc) is 2.77. The van der Waals surface area contributed by atoms with Gasteiger partial charge in [-0.2, -0.15) is 0 Å². The molecule has 1 N–H and O–H groups in total. The van der Waals surface area contributed by atoms with E-state index in [1.54, 1.807) is 30.3 Å². The van der Waals surface area contributed by atoms with E-state index in [1.807, 2.05) is 51.1 Å². The SMILES string of the molecule is CCOc1ccccc1CNC(=O)CN(c1cc(C)cc(C)c1)S(=O)(=O)c1ccccc1. The fourth-order valence-corrected chi connectivity index (χ4v) is 4.88. The van der Waals surface area contributed by atoms with Gasteiger partial charge in [-0.25, -0.2) is 8.42 Å². The molecule has 3 rings (SSSR count). The Morgan fingerprint density at radius 1 is 0.938 bits per heavy atom. The van der Waals surface area contributed by atoms with Crippen molar-refractivity contribution in [3.63, 3.8) is 0 Å². The van der Waals surface area contributed by atoms with Crippen molar-refractivity contribution in [2.24, 2.45) is 0 Å². The molecule has 0 aliphatic rings. The van der Waals surface area contributed by atoms with Gasteiger partial charge in [0, 0.05) is 12.1 Å². The molecule has 7 heteroatoms. The number of aryl methyl sites for hydroxylation is 2. The average molecular weight is 453 g/mol. The van der Waals surface area contributed by atoms with Crippen LogP contribution in [0.2, 0.25) is 0 Å². The zero-order valence-corrected chi connectivity index (χ0v) is 19.4. The third-order valence-electron chi connectivity index (χ3n) is 4.86. The minimum atomic E-state index is -3.93. The molecule has 1 amide bonds. The van der Waals surface area contributed by atoms with Crippen molar-refractivity contribution in [2.45, 2.75) is 32.2 Å². The van der Waals surface area contributed by atoms with Crippen LogP contribution in [0.25, 0.3) is 0 Å². The third kappa shape index (κ3) is 5.68. The van der Waals surface area contributed by atoms with Crippen molar-refractivity contribution in [3.8, 4) is 5.75 Å². The maximum Gasteiger partial charge on any atom is 0.264 e. The summed E-state index contributed by atoms with van der Waals surface area (Å²) >= 11 is 0. The number of hydrogen-bond donors (Lipinski definition) is 1. The van der Waals surface area contributed by atoms with Crippen LogP contribution in [0, 0.1) is 13.8 Å². The molecule has 0 aliphatic carbocycles. The number of nitrogens with zero attached hydrogens (tertiary/aromatic N) is 1. The molecule has 168 valence electrons. The van der Waals surface area contributed by atoms with Crippen molar-refractivity contribution in [1.29, 1.82) is 0 Å². The van der Waals surface area contributed by atoms with Crippen molar-refractivity contribution in [2.75, 3.05) is 17.5 Å². The smallest absolute Gasteiger partial charge is 0.264 e. The van der Waals surface area contributed by atoms with Gasteiger partial charge in [-0.15, -0.1) is 0 Å². The van der Waals surface area contributed by atoms with E-state index in [1.165, 1.54) is 12.1 Å². The standard InChI is InChI=1S/C25H28N2O4S/c1-4-31-24-13-9-8-10-21(24)17-26-25(28)18-27(22-15-19(2)14-20(3)16-22)32(29,30)23-11-6-5-7-12-23/h5-16H,4,17-18H2,1-3H3,(H,26,28). The molecule has 0 spiro atoms. The van der Waals surface area contributed by atoms with Gasteiger partial charge in [-0.1, -0.05) is 42.5 Å². The van der Waals surface area contributed by atoms with Crippen LogP contribution in [0.1, 0.15) is 23.6 Å². The highest BCUT2D eigenvalue weighted by Crippen LogP contribution is 2.26. The topological polar surface area (TPSA) is 75.7 Å². The highest BCUT2D eigenvalue weighted by atomic mass is 32.2. The Bertz CT molecular complexity index is 1160. The number of rotatable bonds is 9. The predicted octanol–water partition coefficient (Wildman–Crippen LogP) is 4.21. The van der Waals surface area contributed by atoms with Crippen LogP contribution in [-0.2, 0) is 21.4 Å². The summed E-state index contributed by atoms with van der Waals surface area (Å²) in [6, 6.07) is 21.1. The number of carbonyl (C=O) groups excluding carboxylic acids is 1. The zero-order chi connectivity index (χ0) is 23.1. The van der Waals surface area contributed by atoms with Crippen LogP contribution < -0.4 is 14.4 Å². The van der Waals surface area contributed by atoms with Crippen LogP contribution in [0.4, 0.5) is 5.69 Å². The molecule has 0 bridgehead atoms. The Morgan fingerprint density at radius 3 is 2.22 bits per heavy atom. The lowest BCUT2D eigenvalue weighted by molar-refractivity contribution is -0.119. The minimum Gasteiger partial charge on any atom is -0.494 e. The van der Waals surface area contributed by atoms with Crippen LogP contribution in [-0.4, -0.2) is 27.5 Å². The molecule has 0 aliphatic heterocycles. The fourth-order valence-electron chi connectivity index (χ4n) is 3.46. The van der Waals surface area contributed by atoms with Gasteiger partial charge in [0.15, 0.2) is 0 Å². The third-order valence-corrected chi connectivity index (χ3v) is 6.65. The van der Waals surface area contributed by atoms with E-state index in [2.05, 4.69) is 5.32 Å². The van der Waals surface area contributed by atoms with Crippen molar-refractivity contribution < 1.29 is 17.9 Å². The number of hydrogen-bond acceptors (Lipinski definition) is 4. The molecule has 0 saturated heterocycles. The highest BCUT2D eigenvalue weighted by Gasteiger charge is 2.27. The number of sulfonamides is 1. The molecule has 0 saturated carbocycles. The van der Waals surface area contributed by atoms with Crippen LogP contribution >= 0.6 is 0 Å². The molecule has 32 heavy (non-hydrogen) atoms. The first-order valence-corrected chi connectivity index (χ1v) is 11.9. The molecule has 3 aromatic rings. The Morgan fingerprint density at radius 2 is 1.56 bits per heavy atom. The van der Waals surface area contributed by atoms with Gasteiger partial charge in [-0.3, -0.25) is 9.10 Å². The number of nitrogens with one attached hydrogen (secondary N) is 1. The van der Waals surface area contributed by atoms with Gasteiger partial charge in [0.05, 0.1) is 17.2 Å². The lowest BCUT2D eigenvalue weighted by Crippen LogP contribution is -2.40. The molecule has 0 aromatic heterocycles. The molecular weight excluding hydrogens is 424 g/mol. The fraction of sp³-hybridized carbons (Fsp3) is 0.240. The van der Waals surface area contributed by atoms with E-state index in [9.17, 15) is 13.2 Å². The molecule has 0 unspecified atom stereocenters. The summed E-state index contributed by atoms with van der Waals surface area (Å²) in [4.78, 5) is 13.0. The Labute approximate surface area is 189 Å². The minimum absolute atomic E-state index is 0.133. The van der Waals surface area contributed by atoms with Crippen molar-refractivity contribution in [1.82, 2.24) is 5.32 Å². The number of benzene rings is 3. The lowest BCUT2D eigenvalue weighted by Gasteiger charge is -2.25. The number of amides is 1. The van der Waals surface area contributed by atoms with E-state index >= 15 is 0 Å². The van der Waals surface area contributed by atoms with Gasteiger partial charge in [0.1, 0.15) is 12.3 Å². The number of carbonyl (C=O) groups is 1. The summed E-state index contributed by atoms with van der Waals surface area (Å²) in [5, 5.41) is 2.83. The molecule has 0 radical (unpaired) electrons. The summed E-state index contributed by atoms with van der Waals surface area (Å²) < 4.78 is 33.6. The lowest BCUT2D eigenvalue weighted by atomic mass is 10.1. The van der Waals surface area contributed by atoms with E-state index in [0.717, 1.165) is 21.0 Å². The summed E-state index contributed by atoms with van der Waals surface area (Å²) in [5.74, 6) is 0.285. The summed E-state index contributed by atoms with van der Waals surface area (Å²) in [7, 11) is -3.93. The van der Waals surface area contributed by atoms with E-state index in [4.69, 9.17) is 4.74 Å². The normalized spacial score (nSPS) is 11.1. The summed E-state index contributed by atoms with van der Waals surface area (Å²) in [6.45, 7) is 6.10. The van der Waals surface area contributed by atoms with Crippen LogP contribution in [0.5, 0.6) is 5.75 Å². The quantitative estimate of drug-likeness (QED) is 0.528. The maximum absolute atomic E-state index is 13.4. The molecular formula is C25H28N2O4S. The van der Waals surface area contributed by atoms with Gasteiger partial charge in [0.2, 0.25) is 5.91 Å². The summed E-state index contributed by atoms with van der Waals surface area (Å²) in [6.07, 6.45) is 0. The summed E-state index contributed by atoms with van der Waals surface area (Å²) in [5.41, 5.74) is 3.11. The molecule has 0 atom stereocenters. The number of anilines is 1. The van der Waals surface area contributed by atoms with Gasteiger partial charge in [-0.05, 0) is 62.2 Å². The monoisotopic (exact) mass is 452 g/mol. The van der Waals surface area contributed by atoms with Gasteiger partial charge >= 0.3 is 0 Å². The van der Waals surface area contributed by atoms with Gasteiger partial charge < -0.3 is 10.1 Å². The number of ether oxygens (including phenoxy) is 1. The second kappa shape index (κ2) is 10.3. The Kier molecular flexibility index (Phi) is 7.53. The van der Waals surface area contributed by atoms with Crippen molar-refractivity contribution >= 4 is 21.6 Å². The Balaban J connectivity index is 1.87. The van der Waals surface area contributed by atoms with E-state index in [0.29, 0.717) is 18.0 Å². The predicted molar refractivity (Wildman–Crippen MR) is 126 cm³/mol. The number of para-hydroxylation sites is 1. The first-order chi connectivity index (χ1) is 15.3. The zero-order valence-electron chi connectivity index (χ0n) is 18.5. The van der Waals surface area contributed by atoms with Crippen LogP contribution in [0.3, 0.4) is 0 Å². The second-order valence-corrected chi connectivity index (χ2v) is 9.35. The molecule has 0 heterocycles. The maximum atomic E-state index is 13.4.